The van der Waals surface area contributed by atoms with Crippen molar-refractivity contribution in [2.24, 2.45) is 0 Å². The molecule has 0 aliphatic carbocycles. The van der Waals surface area contributed by atoms with Crippen LogP contribution in [0.1, 0.15) is 10.4 Å². The molecule has 0 unspecified atom stereocenters. The summed E-state index contributed by atoms with van der Waals surface area (Å²) in [5, 5.41) is 14.4. The third-order valence-electron chi connectivity index (χ3n) is 4.00. The average molecular weight is 375 g/mol. The highest BCUT2D eigenvalue weighted by Crippen LogP contribution is 2.31. The van der Waals surface area contributed by atoms with Crippen molar-refractivity contribution in [3.8, 4) is 10.6 Å². The van der Waals surface area contributed by atoms with Crippen LogP contribution >= 0.6 is 11.3 Å². The van der Waals surface area contributed by atoms with Gasteiger partial charge in [0, 0.05) is 28.9 Å². The zero-order chi connectivity index (χ0) is 18.8. The molecule has 132 valence electrons. The lowest BCUT2D eigenvalue weighted by Gasteiger charge is -2.06. The lowest BCUT2D eigenvalue weighted by atomic mass is 10.1. The summed E-state index contributed by atoms with van der Waals surface area (Å²) in [5.41, 5.74) is 2.79. The summed E-state index contributed by atoms with van der Waals surface area (Å²) in [6.07, 6.45) is 0. The van der Waals surface area contributed by atoms with Crippen molar-refractivity contribution in [2.45, 2.75) is 0 Å². The molecule has 4 rings (SSSR count). The van der Waals surface area contributed by atoms with Crippen LogP contribution in [-0.4, -0.2) is 15.8 Å². The number of hydrogen-bond acceptors (Lipinski definition) is 5. The van der Waals surface area contributed by atoms with E-state index in [1.165, 1.54) is 24.3 Å². The number of thiazole rings is 1. The van der Waals surface area contributed by atoms with Crippen molar-refractivity contribution >= 4 is 38.8 Å². The maximum atomic E-state index is 12.4. The first-order valence-electron chi connectivity index (χ1n) is 8.12. The molecule has 0 bridgehead atoms. The van der Waals surface area contributed by atoms with Gasteiger partial charge < -0.3 is 5.32 Å². The number of nitrogens with zero attached hydrogens (tertiary/aromatic N) is 2. The fourth-order valence-corrected chi connectivity index (χ4v) is 3.63. The van der Waals surface area contributed by atoms with Gasteiger partial charge >= 0.3 is 0 Å². The Kier molecular flexibility index (Phi) is 4.35. The third kappa shape index (κ3) is 3.54. The fourth-order valence-electron chi connectivity index (χ4n) is 2.66. The molecule has 1 N–H and O–H groups in total. The van der Waals surface area contributed by atoms with Gasteiger partial charge in [0.15, 0.2) is 0 Å². The van der Waals surface area contributed by atoms with Gasteiger partial charge in [0.1, 0.15) is 5.01 Å². The number of benzene rings is 3. The Balaban J connectivity index is 1.57. The normalized spacial score (nSPS) is 10.7. The van der Waals surface area contributed by atoms with Gasteiger partial charge in [0.25, 0.3) is 11.6 Å². The van der Waals surface area contributed by atoms with Gasteiger partial charge in [-0.25, -0.2) is 4.98 Å². The van der Waals surface area contributed by atoms with Crippen molar-refractivity contribution in [2.75, 3.05) is 5.32 Å². The van der Waals surface area contributed by atoms with Crippen molar-refractivity contribution in [1.82, 2.24) is 4.98 Å². The molecular formula is C20H13N3O3S. The highest BCUT2D eigenvalue weighted by molar-refractivity contribution is 7.21. The van der Waals surface area contributed by atoms with Crippen LogP contribution in [-0.2, 0) is 0 Å². The number of carbonyl (C=O) groups is 1. The number of rotatable bonds is 4. The van der Waals surface area contributed by atoms with Gasteiger partial charge in [-0.05, 0) is 36.4 Å². The first-order valence-corrected chi connectivity index (χ1v) is 8.93. The fraction of sp³-hybridized carbons (Fsp3) is 0. The van der Waals surface area contributed by atoms with Crippen LogP contribution in [0.5, 0.6) is 0 Å². The van der Waals surface area contributed by atoms with E-state index in [1.54, 1.807) is 17.4 Å². The number of nitro groups is 1. The minimum absolute atomic E-state index is 0.0515. The summed E-state index contributed by atoms with van der Waals surface area (Å²) in [7, 11) is 0. The van der Waals surface area contributed by atoms with E-state index in [9.17, 15) is 14.9 Å². The molecule has 1 heterocycles. The van der Waals surface area contributed by atoms with Crippen LogP contribution in [0.2, 0.25) is 0 Å². The number of nitro benzene ring substituents is 1. The first-order chi connectivity index (χ1) is 13.1. The Hall–Kier alpha value is -3.58. The minimum atomic E-state index is -0.497. The first kappa shape index (κ1) is 16.9. The molecule has 0 aliphatic heterocycles. The lowest BCUT2D eigenvalue weighted by molar-refractivity contribution is -0.384. The Bertz CT molecular complexity index is 1120. The molecular weight excluding hydrogens is 362 g/mol. The number of amides is 1. The van der Waals surface area contributed by atoms with Gasteiger partial charge in [-0.2, -0.15) is 0 Å². The van der Waals surface area contributed by atoms with E-state index < -0.39 is 4.92 Å². The number of aromatic nitrogens is 1. The second kappa shape index (κ2) is 6.97. The standard InChI is InChI=1S/C20H13N3O3S/c24-19(13-8-10-16(11-9-13)23(25)26)21-15-5-3-4-14(12-15)20-22-17-6-1-2-7-18(17)27-20/h1-12H,(H,21,24). The maximum absolute atomic E-state index is 12.4. The van der Waals surface area contributed by atoms with Crippen molar-refractivity contribution in [1.29, 1.82) is 0 Å². The number of para-hydroxylation sites is 1. The average Bonchev–Trinajstić information content (AvgIpc) is 3.12. The summed E-state index contributed by atoms with van der Waals surface area (Å²) in [6.45, 7) is 0. The summed E-state index contributed by atoms with van der Waals surface area (Å²) in [6, 6.07) is 20.9. The topological polar surface area (TPSA) is 85.1 Å². The van der Waals surface area contributed by atoms with Crippen LogP contribution in [0.3, 0.4) is 0 Å². The number of hydrogen-bond donors (Lipinski definition) is 1. The summed E-state index contributed by atoms with van der Waals surface area (Å²) in [5.74, 6) is -0.327. The molecule has 4 aromatic rings. The van der Waals surface area contributed by atoms with Crippen LogP contribution in [0, 0.1) is 10.1 Å². The minimum Gasteiger partial charge on any atom is -0.322 e. The molecule has 0 spiro atoms. The summed E-state index contributed by atoms with van der Waals surface area (Å²) >= 11 is 1.59. The van der Waals surface area contributed by atoms with E-state index in [-0.39, 0.29) is 11.6 Å². The Morgan fingerprint density at radius 1 is 1.00 bits per heavy atom. The smallest absolute Gasteiger partial charge is 0.269 e. The van der Waals surface area contributed by atoms with Crippen LogP contribution < -0.4 is 5.32 Å². The number of non-ortho nitro benzene ring substituents is 1. The van der Waals surface area contributed by atoms with Crippen LogP contribution in [0.15, 0.2) is 72.8 Å². The predicted molar refractivity (Wildman–Crippen MR) is 106 cm³/mol. The SMILES string of the molecule is O=C(Nc1cccc(-c2nc3ccccc3s2)c1)c1ccc([N+](=O)[O-])cc1. The third-order valence-corrected chi connectivity index (χ3v) is 5.09. The van der Waals surface area contributed by atoms with E-state index in [0.29, 0.717) is 11.3 Å². The predicted octanol–water partition coefficient (Wildman–Crippen LogP) is 5.12. The Labute approximate surface area is 158 Å². The van der Waals surface area contributed by atoms with Gasteiger partial charge in [-0.15, -0.1) is 11.3 Å². The van der Waals surface area contributed by atoms with Crippen LogP contribution in [0.25, 0.3) is 20.8 Å². The molecule has 0 saturated carbocycles. The van der Waals surface area contributed by atoms with E-state index >= 15 is 0 Å². The van der Waals surface area contributed by atoms with Gasteiger partial charge in [0.2, 0.25) is 0 Å². The second-order valence-electron chi connectivity index (χ2n) is 5.83. The molecule has 7 heteroatoms. The van der Waals surface area contributed by atoms with Gasteiger partial charge in [-0.3, -0.25) is 14.9 Å². The molecule has 1 aromatic heterocycles. The molecule has 0 saturated heterocycles. The quantitative estimate of drug-likeness (QED) is 0.396. The lowest BCUT2D eigenvalue weighted by Crippen LogP contribution is -2.11. The summed E-state index contributed by atoms with van der Waals surface area (Å²) < 4.78 is 1.10. The van der Waals surface area contributed by atoms with E-state index in [2.05, 4.69) is 10.3 Å². The van der Waals surface area contributed by atoms with Crippen LogP contribution in [0.4, 0.5) is 11.4 Å². The maximum Gasteiger partial charge on any atom is 0.269 e. The molecule has 3 aromatic carbocycles. The highest BCUT2D eigenvalue weighted by atomic mass is 32.1. The molecule has 6 nitrogen and oxygen atoms in total. The zero-order valence-corrected chi connectivity index (χ0v) is 14.8. The second-order valence-corrected chi connectivity index (χ2v) is 6.86. The van der Waals surface area contributed by atoms with E-state index in [1.807, 2.05) is 42.5 Å². The molecule has 0 radical (unpaired) electrons. The van der Waals surface area contributed by atoms with Crippen molar-refractivity contribution in [3.05, 3.63) is 88.5 Å². The number of nitrogens with one attached hydrogen (secondary N) is 1. The Morgan fingerprint density at radius 3 is 2.52 bits per heavy atom. The monoisotopic (exact) mass is 375 g/mol. The molecule has 0 fully saturated rings. The molecule has 1 amide bonds. The Morgan fingerprint density at radius 2 is 1.78 bits per heavy atom. The van der Waals surface area contributed by atoms with Gasteiger partial charge in [0.05, 0.1) is 15.1 Å². The van der Waals surface area contributed by atoms with Crippen molar-refractivity contribution < 1.29 is 9.72 Å². The summed E-state index contributed by atoms with van der Waals surface area (Å²) in [4.78, 5) is 27.2. The molecule has 0 atom stereocenters. The molecule has 0 aliphatic rings. The number of fused-ring (bicyclic) bond motifs is 1. The largest absolute Gasteiger partial charge is 0.322 e. The zero-order valence-electron chi connectivity index (χ0n) is 14.0. The molecule has 27 heavy (non-hydrogen) atoms. The van der Waals surface area contributed by atoms with E-state index in [0.717, 1.165) is 20.8 Å². The number of anilines is 1. The number of carbonyl (C=O) groups excluding carboxylic acids is 1. The van der Waals surface area contributed by atoms with Gasteiger partial charge in [-0.1, -0.05) is 24.3 Å². The highest BCUT2D eigenvalue weighted by Gasteiger charge is 2.11. The van der Waals surface area contributed by atoms with Crippen molar-refractivity contribution in [3.63, 3.8) is 0 Å². The van der Waals surface area contributed by atoms with E-state index in [4.69, 9.17) is 0 Å².